The van der Waals surface area contributed by atoms with Gasteiger partial charge in [0, 0.05) is 35.5 Å². The van der Waals surface area contributed by atoms with Crippen LogP contribution in [0, 0.1) is 5.41 Å². The van der Waals surface area contributed by atoms with Gasteiger partial charge in [0.2, 0.25) is 11.8 Å². The number of carbonyl (C=O) groups is 3. The summed E-state index contributed by atoms with van der Waals surface area (Å²) in [6, 6.07) is 9.07. The number of nitrogens with two attached hydrogens (primary N) is 1. The zero-order valence-corrected chi connectivity index (χ0v) is 35.4. The Labute approximate surface area is 345 Å². The number of thiocarbonyl (C=S) groups is 1. The number of nitrogens with zero attached hydrogens (tertiary/aromatic N) is 4. The molecule has 1 aromatic carbocycles. The van der Waals surface area contributed by atoms with E-state index >= 15 is 0 Å². The number of rotatable bonds is 22. The fourth-order valence-electron chi connectivity index (χ4n) is 5.20. The van der Waals surface area contributed by atoms with Gasteiger partial charge in [-0.2, -0.15) is 4.31 Å². The van der Waals surface area contributed by atoms with Gasteiger partial charge in [-0.1, -0.05) is 68.2 Å². The molecule has 2 aromatic heterocycles. The van der Waals surface area contributed by atoms with E-state index in [1.54, 1.807) is 12.1 Å². The maximum absolute atomic E-state index is 12.7. The van der Waals surface area contributed by atoms with Gasteiger partial charge in [0.25, 0.3) is 0 Å². The van der Waals surface area contributed by atoms with Gasteiger partial charge in [0.1, 0.15) is 36.3 Å². The Balaban J connectivity index is 1.20. The van der Waals surface area contributed by atoms with E-state index in [9.17, 15) is 57.9 Å². The van der Waals surface area contributed by atoms with Crippen LogP contribution in [0.4, 0.5) is 5.82 Å². The van der Waals surface area contributed by atoms with Crippen LogP contribution in [0.25, 0.3) is 11.2 Å². The number of hydrogen-bond acceptors (Lipinski definition) is 19. The molecule has 0 radical (unpaired) electrons. The van der Waals surface area contributed by atoms with E-state index in [0.717, 1.165) is 34.5 Å². The lowest BCUT2D eigenvalue weighted by Gasteiger charge is -2.30. The molecule has 1 aliphatic rings. The number of aliphatic hydroxyl groups excluding tert-OH is 2. The van der Waals surface area contributed by atoms with Crippen molar-refractivity contribution in [1.82, 2.24) is 30.2 Å². The number of thioether (sulfide) groups is 1. The van der Waals surface area contributed by atoms with Gasteiger partial charge >= 0.3 is 23.5 Å². The standard InChI is InChI=1S/C30H42N7O17P3S2/c1-30(2,25(41)28(42)33-9-8-20(38)32-10-11-59-21(39)12-19(58)17-6-4-3-5-7-17)14-51-57(48,49)54-56(46,47)50-13-18-24(53-55(43,44)45)23(40)29(52-18)37-16-36-22-26(31)34-15-35-27(22)37/h3-7,15-16,18,23-25,29,40-41H,8-14H2,1-2H3,(H,32,38)(H,33,42)(H,46,47)(H,48,49)(H2,31,34,35)(H2,43,44,45)/t18-,23-,24-,25?,29-/m1/s1. The van der Waals surface area contributed by atoms with E-state index < -0.39 is 84.6 Å². The van der Waals surface area contributed by atoms with Crippen LogP contribution in [0.5, 0.6) is 0 Å². The molecule has 2 amide bonds. The number of anilines is 1. The summed E-state index contributed by atoms with van der Waals surface area (Å²) < 4.78 is 62.2. The maximum Gasteiger partial charge on any atom is 0.481 e. The molecule has 0 bridgehead atoms. The first-order chi connectivity index (χ1) is 27.5. The number of phosphoric ester groups is 3. The fourth-order valence-corrected chi connectivity index (χ4v) is 9.07. The molecular weight excluding hydrogens is 887 g/mol. The molecule has 326 valence electrons. The number of aliphatic hydroxyl groups is 2. The SMILES string of the molecule is CC(C)(COP(=O)(O)OP(=O)(O)OC[C@H]1O[C@@H](n2cnc3c(N)ncnc32)[C@H](O)[C@@H]1OP(=O)(O)O)C(O)C(=O)NCCC(=O)NCCSC(=O)CC(=S)c1ccccc1. The van der Waals surface area contributed by atoms with Crippen LogP contribution in [-0.4, -0.2) is 128 Å². The minimum Gasteiger partial charge on any atom is -0.386 e. The number of nitrogens with one attached hydrogen (secondary N) is 2. The highest BCUT2D eigenvalue weighted by Gasteiger charge is 2.50. The van der Waals surface area contributed by atoms with Crippen LogP contribution in [0.1, 0.15) is 38.5 Å². The summed E-state index contributed by atoms with van der Waals surface area (Å²) in [5.41, 5.74) is 5.02. The molecule has 24 nitrogen and oxygen atoms in total. The average molecular weight is 930 g/mol. The first-order valence-corrected chi connectivity index (χ1v) is 23.0. The van der Waals surface area contributed by atoms with E-state index in [1.807, 2.05) is 18.2 Å². The van der Waals surface area contributed by atoms with Crippen LogP contribution >= 0.6 is 47.4 Å². The zero-order chi connectivity index (χ0) is 43.8. The largest absolute Gasteiger partial charge is 0.481 e. The number of amides is 2. The summed E-state index contributed by atoms with van der Waals surface area (Å²) in [7, 11) is -16.4. The first-order valence-electron chi connectivity index (χ1n) is 17.1. The molecule has 7 atom stereocenters. The molecule has 4 rings (SSSR count). The second-order valence-electron chi connectivity index (χ2n) is 13.3. The second-order valence-corrected chi connectivity index (χ2v) is 19.1. The van der Waals surface area contributed by atoms with Crippen molar-refractivity contribution >= 4 is 86.2 Å². The second kappa shape index (κ2) is 20.6. The molecular formula is C30H42N7O17P3S2. The molecule has 0 aliphatic carbocycles. The minimum absolute atomic E-state index is 0.0270. The minimum atomic E-state index is -5.58. The summed E-state index contributed by atoms with van der Waals surface area (Å²) in [6.45, 7) is 0.397. The Bertz CT molecular complexity index is 2130. The van der Waals surface area contributed by atoms with E-state index in [4.69, 9.17) is 31.7 Å². The lowest BCUT2D eigenvalue weighted by atomic mass is 9.87. The molecule has 59 heavy (non-hydrogen) atoms. The summed E-state index contributed by atoms with van der Waals surface area (Å²) in [4.78, 5) is 88.5. The number of carbonyl (C=O) groups excluding carboxylic acids is 3. The van der Waals surface area contributed by atoms with Crippen LogP contribution in [0.2, 0.25) is 0 Å². The average Bonchev–Trinajstić information content (AvgIpc) is 3.71. The van der Waals surface area contributed by atoms with Gasteiger partial charge in [0.15, 0.2) is 22.8 Å². The normalized spacial score (nSPS) is 21.0. The highest BCUT2D eigenvalue weighted by Crippen LogP contribution is 2.61. The predicted octanol–water partition coefficient (Wildman–Crippen LogP) is 0.473. The third-order valence-electron chi connectivity index (χ3n) is 8.17. The van der Waals surface area contributed by atoms with Gasteiger partial charge in [-0.05, 0) is 5.56 Å². The van der Waals surface area contributed by atoms with Gasteiger partial charge in [-0.3, -0.25) is 32.5 Å². The zero-order valence-electron chi connectivity index (χ0n) is 31.1. The molecule has 29 heteroatoms. The molecule has 0 spiro atoms. The van der Waals surface area contributed by atoms with Gasteiger partial charge < -0.3 is 50.9 Å². The lowest BCUT2D eigenvalue weighted by Crippen LogP contribution is -2.46. The number of benzene rings is 1. The van der Waals surface area contributed by atoms with E-state index in [0.29, 0.717) is 4.86 Å². The molecule has 0 saturated carbocycles. The van der Waals surface area contributed by atoms with Gasteiger partial charge in [0.05, 0.1) is 26.0 Å². The molecule has 1 saturated heterocycles. The number of hydrogen-bond donors (Lipinski definition) is 9. The highest BCUT2D eigenvalue weighted by atomic mass is 32.2. The number of imidazole rings is 1. The third-order valence-corrected chi connectivity index (χ3v) is 12.5. The molecule has 3 unspecified atom stereocenters. The number of phosphoric acid groups is 3. The monoisotopic (exact) mass is 929 g/mol. The van der Waals surface area contributed by atoms with Crippen molar-refractivity contribution in [2.24, 2.45) is 5.41 Å². The van der Waals surface area contributed by atoms with Crippen molar-refractivity contribution in [2.45, 2.75) is 57.3 Å². The Kier molecular flexibility index (Phi) is 17.0. The van der Waals surface area contributed by atoms with Crippen molar-refractivity contribution in [2.75, 3.05) is 37.8 Å². The topological polar surface area (TPSA) is 364 Å². The fraction of sp³-hybridized carbons (Fsp3) is 0.500. The molecule has 1 aliphatic heterocycles. The summed E-state index contributed by atoms with van der Waals surface area (Å²) in [6.07, 6.45) is -6.91. The molecule has 3 aromatic rings. The summed E-state index contributed by atoms with van der Waals surface area (Å²) in [5, 5.41) is 26.2. The van der Waals surface area contributed by atoms with Crippen LogP contribution in [0.3, 0.4) is 0 Å². The third kappa shape index (κ3) is 14.5. The van der Waals surface area contributed by atoms with E-state index in [-0.39, 0.29) is 53.8 Å². The Hall–Kier alpha value is -3.13. The van der Waals surface area contributed by atoms with Crippen LogP contribution in [0.15, 0.2) is 43.0 Å². The van der Waals surface area contributed by atoms with Crippen molar-refractivity contribution in [1.29, 1.82) is 0 Å². The highest BCUT2D eigenvalue weighted by molar-refractivity contribution is 8.13. The number of ether oxygens (including phenoxy) is 1. The van der Waals surface area contributed by atoms with Gasteiger partial charge in [-0.25, -0.2) is 28.6 Å². The summed E-state index contributed by atoms with van der Waals surface area (Å²) in [5.74, 6) is -1.22. The smallest absolute Gasteiger partial charge is 0.386 e. The number of fused-ring (bicyclic) bond motifs is 1. The Morgan fingerprint density at radius 2 is 1.71 bits per heavy atom. The quantitative estimate of drug-likeness (QED) is 0.0286. The van der Waals surface area contributed by atoms with Crippen LogP contribution in [-0.2, 0) is 50.7 Å². The summed E-state index contributed by atoms with van der Waals surface area (Å²) >= 11 is 6.29. The molecule has 3 heterocycles. The maximum atomic E-state index is 12.7. The van der Waals surface area contributed by atoms with E-state index in [2.05, 4.69) is 34.4 Å². The predicted molar refractivity (Wildman–Crippen MR) is 210 cm³/mol. The van der Waals surface area contributed by atoms with Gasteiger partial charge in [-0.15, -0.1) is 0 Å². The first kappa shape index (κ1) is 48.5. The van der Waals surface area contributed by atoms with Crippen molar-refractivity contribution in [3.8, 4) is 0 Å². The Morgan fingerprint density at radius 1 is 1.03 bits per heavy atom. The van der Waals surface area contributed by atoms with Crippen molar-refractivity contribution < 1.29 is 80.5 Å². The number of nitrogen functional groups attached to an aromatic ring is 1. The van der Waals surface area contributed by atoms with Crippen molar-refractivity contribution in [3.05, 3.63) is 48.5 Å². The van der Waals surface area contributed by atoms with Crippen LogP contribution < -0.4 is 16.4 Å². The Morgan fingerprint density at radius 3 is 2.39 bits per heavy atom. The van der Waals surface area contributed by atoms with E-state index in [1.165, 1.54) is 13.8 Å². The molecule has 10 N–H and O–H groups in total. The molecule has 1 fully saturated rings. The lowest BCUT2D eigenvalue weighted by molar-refractivity contribution is -0.137. The van der Waals surface area contributed by atoms with Crippen molar-refractivity contribution in [3.63, 3.8) is 0 Å². The number of aromatic nitrogens is 4.